The van der Waals surface area contributed by atoms with Crippen molar-refractivity contribution < 1.29 is 4.79 Å². The number of rotatable bonds is 4. The Kier molecular flexibility index (Phi) is 4.39. The van der Waals surface area contributed by atoms with Crippen LogP contribution in [0, 0.1) is 5.92 Å². The van der Waals surface area contributed by atoms with Gasteiger partial charge in [-0.25, -0.2) is 0 Å². The van der Waals surface area contributed by atoms with Crippen LogP contribution >= 0.6 is 0 Å². The van der Waals surface area contributed by atoms with Crippen molar-refractivity contribution in [2.45, 2.75) is 39.2 Å². The lowest BCUT2D eigenvalue weighted by atomic mass is 9.93. The van der Waals surface area contributed by atoms with Crippen LogP contribution in [0.4, 0.5) is 0 Å². The zero-order valence-corrected chi connectivity index (χ0v) is 14.2. The molecule has 1 aliphatic rings. The predicted octanol–water partition coefficient (Wildman–Crippen LogP) is 2.80. The van der Waals surface area contributed by atoms with Crippen LogP contribution in [-0.2, 0) is 0 Å². The molecule has 0 unspecified atom stereocenters. The van der Waals surface area contributed by atoms with Crippen LogP contribution in [-0.4, -0.2) is 46.2 Å². The van der Waals surface area contributed by atoms with Crippen LogP contribution < -0.4 is 5.32 Å². The lowest BCUT2D eigenvalue weighted by Crippen LogP contribution is -2.54. The van der Waals surface area contributed by atoms with Crippen LogP contribution in [0.2, 0.25) is 0 Å². The van der Waals surface area contributed by atoms with Crippen molar-refractivity contribution in [2.75, 3.05) is 19.6 Å². The Morgan fingerprint density at radius 2 is 2.22 bits per heavy atom. The van der Waals surface area contributed by atoms with E-state index in [-0.39, 0.29) is 11.4 Å². The lowest BCUT2D eigenvalue weighted by molar-refractivity contribution is 0.0656. The molecule has 1 amide bonds. The number of amides is 1. The van der Waals surface area contributed by atoms with Gasteiger partial charge in [0.1, 0.15) is 0 Å². The standard InChI is InChI=1S/C18H26N4O/c1-13-7-6-10-22(11-13)18(2,3)12-19-17(23)16-14-8-4-5-9-15(14)20-21-16/h4-5,8-9,13H,6-7,10-12H2,1-3H3,(H,19,23)(H,20,21)/t13-/m0/s1. The third-order valence-corrected chi connectivity index (χ3v) is 4.88. The molecule has 1 atom stereocenters. The van der Waals surface area contributed by atoms with Crippen molar-refractivity contribution in [1.82, 2.24) is 20.4 Å². The molecule has 2 aromatic rings. The number of likely N-dealkylation sites (tertiary alicyclic amines) is 1. The topological polar surface area (TPSA) is 61.0 Å². The molecule has 1 aromatic heterocycles. The Morgan fingerprint density at radius 3 is 3.00 bits per heavy atom. The van der Waals surface area contributed by atoms with Gasteiger partial charge in [-0.3, -0.25) is 14.8 Å². The molecule has 5 nitrogen and oxygen atoms in total. The molecule has 2 N–H and O–H groups in total. The Bertz CT molecular complexity index is 691. The van der Waals surface area contributed by atoms with Crippen molar-refractivity contribution in [1.29, 1.82) is 0 Å². The summed E-state index contributed by atoms with van der Waals surface area (Å²) in [5.41, 5.74) is 1.32. The summed E-state index contributed by atoms with van der Waals surface area (Å²) in [6.45, 7) is 9.55. The zero-order valence-electron chi connectivity index (χ0n) is 14.2. The van der Waals surface area contributed by atoms with Crippen LogP contribution in [0.3, 0.4) is 0 Å². The largest absolute Gasteiger partial charge is 0.349 e. The number of aromatic amines is 1. The lowest BCUT2D eigenvalue weighted by Gasteiger charge is -2.43. The highest BCUT2D eigenvalue weighted by Gasteiger charge is 2.30. The second kappa shape index (κ2) is 6.32. The average molecular weight is 314 g/mol. The Hall–Kier alpha value is -1.88. The molecule has 124 valence electrons. The van der Waals surface area contributed by atoms with Crippen LogP contribution in [0.15, 0.2) is 24.3 Å². The normalized spacial score (nSPS) is 19.9. The fraction of sp³-hybridized carbons (Fsp3) is 0.556. The third kappa shape index (κ3) is 3.39. The zero-order chi connectivity index (χ0) is 16.4. The van der Waals surface area contributed by atoms with Crippen LogP contribution in [0.1, 0.15) is 44.1 Å². The van der Waals surface area contributed by atoms with Gasteiger partial charge in [-0.2, -0.15) is 5.10 Å². The maximum Gasteiger partial charge on any atom is 0.272 e. The Morgan fingerprint density at radius 1 is 1.43 bits per heavy atom. The predicted molar refractivity (Wildman–Crippen MR) is 92.5 cm³/mol. The molecule has 0 radical (unpaired) electrons. The number of nitrogens with zero attached hydrogens (tertiary/aromatic N) is 2. The minimum Gasteiger partial charge on any atom is -0.349 e. The van der Waals surface area contributed by atoms with E-state index in [9.17, 15) is 4.79 Å². The van der Waals surface area contributed by atoms with E-state index in [0.29, 0.717) is 12.2 Å². The maximum absolute atomic E-state index is 12.5. The van der Waals surface area contributed by atoms with Gasteiger partial charge in [0.05, 0.1) is 5.52 Å². The van der Waals surface area contributed by atoms with Gasteiger partial charge in [-0.1, -0.05) is 25.1 Å². The molecular weight excluding hydrogens is 288 g/mol. The number of hydrogen-bond donors (Lipinski definition) is 2. The van der Waals surface area contributed by atoms with Crippen LogP contribution in [0.25, 0.3) is 10.9 Å². The van der Waals surface area contributed by atoms with Gasteiger partial charge >= 0.3 is 0 Å². The van der Waals surface area contributed by atoms with E-state index in [1.54, 1.807) is 0 Å². The summed E-state index contributed by atoms with van der Waals surface area (Å²) in [7, 11) is 0. The SMILES string of the molecule is C[C@H]1CCCN(C(C)(C)CNC(=O)c2n[nH]c3ccccc23)C1. The van der Waals surface area contributed by atoms with E-state index in [4.69, 9.17) is 0 Å². The van der Waals surface area contributed by atoms with E-state index >= 15 is 0 Å². The summed E-state index contributed by atoms with van der Waals surface area (Å²) >= 11 is 0. The van der Waals surface area contributed by atoms with Gasteiger partial charge < -0.3 is 5.32 Å². The summed E-state index contributed by atoms with van der Waals surface area (Å²) in [6.07, 6.45) is 2.54. The van der Waals surface area contributed by atoms with Gasteiger partial charge in [0, 0.05) is 24.0 Å². The van der Waals surface area contributed by atoms with Crippen molar-refractivity contribution >= 4 is 16.8 Å². The van der Waals surface area contributed by atoms with Crippen molar-refractivity contribution in [3.63, 3.8) is 0 Å². The van der Waals surface area contributed by atoms with Gasteiger partial charge in [-0.15, -0.1) is 0 Å². The molecule has 0 aliphatic carbocycles. The first-order valence-electron chi connectivity index (χ1n) is 8.44. The first-order valence-corrected chi connectivity index (χ1v) is 8.44. The molecule has 0 spiro atoms. The Balaban J connectivity index is 1.66. The number of carbonyl (C=O) groups excluding carboxylic acids is 1. The van der Waals surface area contributed by atoms with E-state index in [2.05, 4.69) is 41.2 Å². The quantitative estimate of drug-likeness (QED) is 0.912. The number of aromatic nitrogens is 2. The number of carbonyl (C=O) groups is 1. The first-order chi connectivity index (χ1) is 11.0. The molecule has 2 heterocycles. The number of hydrogen-bond acceptors (Lipinski definition) is 3. The van der Waals surface area contributed by atoms with Gasteiger partial charge in [0.15, 0.2) is 5.69 Å². The summed E-state index contributed by atoms with van der Waals surface area (Å²) in [5, 5.41) is 11.0. The number of nitrogens with one attached hydrogen (secondary N) is 2. The number of para-hydroxylation sites is 1. The van der Waals surface area contributed by atoms with Gasteiger partial charge in [0.25, 0.3) is 5.91 Å². The monoisotopic (exact) mass is 314 g/mol. The van der Waals surface area contributed by atoms with Crippen molar-refractivity contribution in [2.24, 2.45) is 5.92 Å². The van der Waals surface area contributed by atoms with Crippen molar-refractivity contribution in [3.8, 4) is 0 Å². The number of fused-ring (bicyclic) bond motifs is 1. The first kappa shape index (κ1) is 16.0. The summed E-state index contributed by atoms with van der Waals surface area (Å²) in [5.74, 6) is 0.620. The molecule has 1 fully saturated rings. The van der Waals surface area contributed by atoms with Crippen molar-refractivity contribution in [3.05, 3.63) is 30.0 Å². The molecule has 1 aromatic carbocycles. The molecule has 0 saturated carbocycles. The summed E-state index contributed by atoms with van der Waals surface area (Å²) in [6, 6.07) is 7.71. The van der Waals surface area contributed by atoms with E-state index < -0.39 is 0 Å². The second-order valence-corrected chi connectivity index (χ2v) is 7.31. The van der Waals surface area contributed by atoms with E-state index in [1.165, 1.54) is 12.8 Å². The Labute approximate surface area is 137 Å². The molecule has 3 rings (SSSR count). The molecule has 0 bridgehead atoms. The smallest absolute Gasteiger partial charge is 0.272 e. The van der Waals surface area contributed by atoms with Crippen LogP contribution in [0.5, 0.6) is 0 Å². The highest BCUT2D eigenvalue weighted by molar-refractivity contribution is 6.04. The number of piperidine rings is 1. The number of H-pyrrole nitrogens is 1. The highest BCUT2D eigenvalue weighted by Crippen LogP contribution is 2.23. The summed E-state index contributed by atoms with van der Waals surface area (Å²) < 4.78 is 0. The van der Waals surface area contributed by atoms with E-state index in [0.717, 1.165) is 29.9 Å². The second-order valence-electron chi connectivity index (χ2n) is 7.31. The minimum atomic E-state index is -0.111. The highest BCUT2D eigenvalue weighted by atomic mass is 16.1. The molecule has 5 heteroatoms. The third-order valence-electron chi connectivity index (χ3n) is 4.88. The molecular formula is C18H26N4O. The van der Waals surface area contributed by atoms with E-state index in [1.807, 2.05) is 24.3 Å². The fourth-order valence-corrected chi connectivity index (χ4v) is 3.37. The average Bonchev–Trinajstić information content (AvgIpc) is 2.97. The maximum atomic E-state index is 12.5. The fourth-order valence-electron chi connectivity index (χ4n) is 3.37. The summed E-state index contributed by atoms with van der Waals surface area (Å²) in [4.78, 5) is 15.0. The van der Waals surface area contributed by atoms with Gasteiger partial charge in [0.2, 0.25) is 0 Å². The minimum absolute atomic E-state index is 0.0452. The molecule has 1 aliphatic heterocycles. The molecule has 1 saturated heterocycles. The molecule has 23 heavy (non-hydrogen) atoms. The number of benzene rings is 1. The van der Waals surface area contributed by atoms with Gasteiger partial charge in [-0.05, 0) is 45.2 Å².